The smallest absolute Gasteiger partial charge is 0.315 e. The lowest BCUT2D eigenvalue weighted by atomic mass is 10.2. The van der Waals surface area contributed by atoms with E-state index < -0.39 is 0 Å². The first kappa shape index (κ1) is 12.4. The molecular weight excluding hydrogens is 232 g/mol. The molecule has 1 aromatic heterocycles. The molecule has 5 heteroatoms. The van der Waals surface area contributed by atoms with E-state index in [1.165, 1.54) is 0 Å². The Morgan fingerprint density at radius 1 is 1.44 bits per heavy atom. The molecule has 0 radical (unpaired) electrons. The number of para-hydroxylation sites is 1. The third kappa shape index (κ3) is 2.81. The maximum atomic E-state index is 11.4. The molecule has 2 aromatic rings. The first-order valence-electron chi connectivity index (χ1n) is 5.84. The number of benzene rings is 1. The summed E-state index contributed by atoms with van der Waals surface area (Å²) in [6.45, 7) is 2.00. The first-order valence-corrected chi connectivity index (χ1v) is 5.84. The van der Waals surface area contributed by atoms with Crippen LogP contribution in [0, 0.1) is 0 Å². The van der Waals surface area contributed by atoms with Gasteiger partial charge in [-0.05, 0) is 19.1 Å². The van der Waals surface area contributed by atoms with E-state index >= 15 is 0 Å². The molecule has 0 saturated carbocycles. The monoisotopic (exact) mass is 248 g/mol. The van der Waals surface area contributed by atoms with Crippen LogP contribution >= 0.6 is 0 Å². The van der Waals surface area contributed by atoms with Crippen molar-refractivity contribution in [2.75, 3.05) is 13.2 Å². The Labute approximate surface area is 105 Å². The lowest BCUT2D eigenvalue weighted by Crippen LogP contribution is -2.38. The molecule has 0 spiro atoms. The molecule has 1 heterocycles. The predicted molar refractivity (Wildman–Crippen MR) is 68.2 cm³/mol. The predicted octanol–water partition coefficient (Wildman–Crippen LogP) is 1.79. The summed E-state index contributed by atoms with van der Waals surface area (Å²) >= 11 is 0. The van der Waals surface area contributed by atoms with Crippen LogP contribution in [0.4, 0.5) is 4.79 Å². The lowest BCUT2D eigenvalue weighted by molar-refractivity contribution is 0.230. The second-order valence-electron chi connectivity index (χ2n) is 4.03. The van der Waals surface area contributed by atoms with Gasteiger partial charge in [-0.2, -0.15) is 0 Å². The number of rotatable bonds is 4. The fourth-order valence-electron chi connectivity index (χ4n) is 1.70. The Hall–Kier alpha value is -2.01. The summed E-state index contributed by atoms with van der Waals surface area (Å²) in [6.07, 6.45) is 0. The fourth-order valence-corrected chi connectivity index (χ4v) is 1.70. The standard InChI is InChI=1S/C13H16N2O3/c1-9(15-13(17)14-6-7-16)12-8-10-4-2-3-5-11(10)18-12/h2-5,8-9,16H,6-7H2,1H3,(H2,14,15,17). The SMILES string of the molecule is CC(NC(=O)NCCO)c1cc2ccccc2o1. The Morgan fingerprint density at radius 2 is 2.22 bits per heavy atom. The highest BCUT2D eigenvalue weighted by molar-refractivity contribution is 5.78. The van der Waals surface area contributed by atoms with Gasteiger partial charge in [-0.25, -0.2) is 4.79 Å². The van der Waals surface area contributed by atoms with E-state index in [1.54, 1.807) is 0 Å². The molecule has 0 bridgehead atoms. The number of urea groups is 1. The zero-order valence-corrected chi connectivity index (χ0v) is 10.1. The quantitative estimate of drug-likeness (QED) is 0.772. The summed E-state index contributed by atoms with van der Waals surface area (Å²) in [5.74, 6) is 0.704. The minimum atomic E-state index is -0.322. The number of carbonyl (C=O) groups excluding carboxylic acids is 1. The fraction of sp³-hybridized carbons (Fsp3) is 0.308. The molecular formula is C13H16N2O3. The van der Waals surface area contributed by atoms with Gasteiger partial charge in [0.05, 0.1) is 12.6 Å². The van der Waals surface area contributed by atoms with Crippen molar-refractivity contribution in [1.29, 1.82) is 0 Å². The van der Waals surface area contributed by atoms with Crippen LogP contribution in [0.3, 0.4) is 0 Å². The number of amides is 2. The number of furan rings is 1. The summed E-state index contributed by atoms with van der Waals surface area (Å²) in [5, 5.41) is 14.9. The second-order valence-corrected chi connectivity index (χ2v) is 4.03. The lowest BCUT2D eigenvalue weighted by Gasteiger charge is -2.11. The van der Waals surface area contributed by atoms with Gasteiger partial charge in [0.2, 0.25) is 0 Å². The minimum absolute atomic E-state index is 0.0769. The average Bonchev–Trinajstić information content (AvgIpc) is 2.80. The third-order valence-electron chi connectivity index (χ3n) is 2.62. The Morgan fingerprint density at radius 3 is 2.94 bits per heavy atom. The van der Waals surface area contributed by atoms with Crippen molar-refractivity contribution in [2.45, 2.75) is 13.0 Å². The van der Waals surface area contributed by atoms with Gasteiger partial charge >= 0.3 is 6.03 Å². The number of aliphatic hydroxyl groups is 1. The largest absolute Gasteiger partial charge is 0.459 e. The van der Waals surface area contributed by atoms with Crippen molar-refractivity contribution in [1.82, 2.24) is 10.6 Å². The second kappa shape index (κ2) is 5.55. The molecule has 2 amide bonds. The first-order chi connectivity index (χ1) is 8.70. The Kier molecular flexibility index (Phi) is 3.84. The van der Waals surface area contributed by atoms with Gasteiger partial charge in [-0.1, -0.05) is 18.2 Å². The van der Waals surface area contributed by atoms with Crippen LogP contribution in [0.1, 0.15) is 18.7 Å². The van der Waals surface area contributed by atoms with Crippen molar-refractivity contribution in [3.63, 3.8) is 0 Å². The highest BCUT2D eigenvalue weighted by Gasteiger charge is 2.13. The van der Waals surface area contributed by atoms with Gasteiger partial charge in [-0.3, -0.25) is 0 Å². The minimum Gasteiger partial charge on any atom is -0.459 e. The molecule has 0 aliphatic carbocycles. The molecule has 3 N–H and O–H groups in total. The van der Waals surface area contributed by atoms with Gasteiger partial charge < -0.3 is 20.2 Å². The summed E-state index contributed by atoms with van der Waals surface area (Å²) in [5.41, 5.74) is 0.803. The number of nitrogens with one attached hydrogen (secondary N) is 2. The van der Waals surface area contributed by atoms with E-state index in [-0.39, 0.29) is 25.2 Å². The third-order valence-corrected chi connectivity index (χ3v) is 2.62. The molecule has 1 atom stereocenters. The number of hydrogen-bond donors (Lipinski definition) is 3. The summed E-state index contributed by atoms with van der Waals surface area (Å²) in [4.78, 5) is 11.4. The number of hydrogen-bond acceptors (Lipinski definition) is 3. The van der Waals surface area contributed by atoms with Crippen molar-refractivity contribution < 1.29 is 14.3 Å². The zero-order chi connectivity index (χ0) is 13.0. The topological polar surface area (TPSA) is 74.5 Å². The van der Waals surface area contributed by atoms with Gasteiger partial charge in [0.25, 0.3) is 0 Å². The molecule has 0 aliphatic rings. The van der Waals surface area contributed by atoms with Crippen LogP contribution in [-0.2, 0) is 0 Å². The van der Waals surface area contributed by atoms with Crippen LogP contribution < -0.4 is 10.6 Å². The Balaban J connectivity index is 2.04. The summed E-state index contributed by atoms with van der Waals surface area (Å²) in [6, 6.07) is 9.05. The zero-order valence-electron chi connectivity index (χ0n) is 10.1. The molecule has 1 unspecified atom stereocenters. The number of aliphatic hydroxyl groups excluding tert-OH is 1. The summed E-state index contributed by atoms with van der Waals surface area (Å²) < 4.78 is 5.64. The van der Waals surface area contributed by atoms with Gasteiger partial charge in [0.15, 0.2) is 0 Å². The molecule has 96 valence electrons. The highest BCUT2D eigenvalue weighted by Crippen LogP contribution is 2.23. The maximum absolute atomic E-state index is 11.4. The highest BCUT2D eigenvalue weighted by atomic mass is 16.3. The van der Waals surface area contributed by atoms with Gasteiger partial charge in [-0.15, -0.1) is 0 Å². The molecule has 0 saturated heterocycles. The maximum Gasteiger partial charge on any atom is 0.315 e. The Bertz CT molecular complexity index is 503. The molecule has 0 fully saturated rings. The van der Waals surface area contributed by atoms with Gasteiger partial charge in [0, 0.05) is 11.9 Å². The van der Waals surface area contributed by atoms with E-state index in [4.69, 9.17) is 9.52 Å². The molecule has 0 aliphatic heterocycles. The normalized spacial score (nSPS) is 12.3. The molecule has 2 rings (SSSR count). The average molecular weight is 248 g/mol. The van der Waals surface area contributed by atoms with Crippen molar-refractivity contribution in [2.24, 2.45) is 0 Å². The van der Waals surface area contributed by atoms with E-state index in [0.717, 1.165) is 11.0 Å². The number of carbonyl (C=O) groups is 1. The van der Waals surface area contributed by atoms with E-state index in [9.17, 15) is 4.79 Å². The molecule has 1 aromatic carbocycles. The van der Waals surface area contributed by atoms with Gasteiger partial charge in [0.1, 0.15) is 11.3 Å². The molecule has 18 heavy (non-hydrogen) atoms. The summed E-state index contributed by atoms with van der Waals surface area (Å²) in [7, 11) is 0. The van der Waals surface area contributed by atoms with Crippen LogP contribution in [0.25, 0.3) is 11.0 Å². The van der Waals surface area contributed by atoms with Crippen LogP contribution in [-0.4, -0.2) is 24.3 Å². The van der Waals surface area contributed by atoms with Crippen molar-refractivity contribution >= 4 is 17.0 Å². The van der Waals surface area contributed by atoms with Crippen LogP contribution in [0.2, 0.25) is 0 Å². The van der Waals surface area contributed by atoms with Crippen LogP contribution in [0.5, 0.6) is 0 Å². The van der Waals surface area contributed by atoms with E-state index in [0.29, 0.717) is 5.76 Å². The van der Waals surface area contributed by atoms with Crippen LogP contribution in [0.15, 0.2) is 34.7 Å². The van der Waals surface area contributed by atoms with E-state index in [1.807, 2.05) is 37.3 Å². The van der Waals surface area contributed by atoms with E-state index in [2.05, 4.69) is 10.6 Å². The molecule has 5 nitrogen and oxygen atoms in total. The van der Waals surface area contributed by atoms with Crippen molar-refractivity contribution in [3.8, 4) is 0 Å². The number of fused-ring (bicyclic) bond motifs is 1. The van der Waals surface area contributed by atoms with Crippen molar-refractivity contribution in [3.05, 3.63) is 36.1 Å².